The van der Waals surface area contributed by atoms with E-state index in [2.05, 4.69) is 10.6 Å². The number of sulfonamides is 1. The molecular formula is C16H22F3N3O2S2. The van der Waals surface area contributed by atoms with Crippen LogP contribution in [0.5, 0.6) is 0 Å². The van der Waals surface area contributed by atoms with E-state index in [4.69, 9.17) is 12.2 Å². The van der Waals surface area contributed by atoms with Crippen LogP contribution in [0.1, 0.15) is 44.2 Å². The Bertz CT molecular complexity index is 711. The van der Waals surface area contributed by atoms with Crippen molar-refractivity contribution in [1.29, 1.82) is 0 Å². The molecule has 1 aliphatic carbocycles. The molecule has 0 saturated heterocycles. The number of hydrogen-bond donors (Lipinski definition) is 3. The Morgan fingerprint density at radius 1 is 1.15 bits per heavy atom. The van der Waals surface area contributed by atoms with Crippen LogP contribution in [-0.4, -0.2) is 31.1 Å². The number of benzene rings is 1. The van der Waals surface area contributed by atoms with Gasteiger partial charge in [0.1, 0.15) is 0 Å². The van der Waals surface area contributed by atoms with E-state index in [0.29, 0.717) is 19.3 Å². The highest BCUT2D eigenvalue weighted by Gasteiger charge is 2.47. The molecule has 1 fully saturated rings. The van der Waals surface area contributed by atoms with Gasteiger partial charge in [0.2, 0.25) is 0 Å². The maximum absolute atomic E-state index is 12.6. The van der Waals surface area contributed by atoms with Gasteiger partial charge in [-0.1, -0.05) is 43.2 Å². The van der Waals surface area contributed by atoms with Gasteiger partial charge in [0.25, 0.3) is 0 Å². The summed E-state index contributed by atoms with van der Waals surface area (Å²) in [6.45, 7) is 1.91. The number of halogens is 3. The minimum atomic E-state index is -5.39. The Hall–Kier alpha value is -1.39. The van der Waals surface area contributed by atoms with Crippen molar-refractivity contribution in [3.05, 3.63) is 35.9 Å². The summed E-state index contributed by atoms with van der Waals surface area (Å²) in [5.74, 6) is 0. The molecule has 2 rings (SSSR count). The van der Waals surface area contributed by atoms with Crippen molar-refractivity contribution in [2.75, 3.05) is 0 Å². The summed E-state index contributed by atoms with van der Waals surface area (Å²) in [5.41, 5.74) is -4.31. The monoisotopic (exact) mass is 409 g/mol. The smallest absolute Gasteiger partial charge is 0.358 e. The van der Waals surface area contributed by atoms with Crippen LogP contribution in [0.15, 0.2) is 30.3 Å². The van der Waals surface area contributed by atoms with Crippen LogP contribution in [-0.2, 0) is 10.0 Å². The van der Waals surface area contributed by atoms with Crippen molar-refractivity contribution in [2.24, 2.45) is 0 Å². The van der Waals surface area contributed by atoms with Crippen LogP contribution in [0.2, 0.25) is 0 Å². The molecule has 10 heteroatoms. The van der Waals surface area contributed by atoms with Crippen LogP contribution in [0.4, 0.5) is 13.2 Å². The molecule has 1 aromatic carbocycles. The quantitative estimate of drug-likeness (QED) is 0.653. The SMILES string of the molecule is CC(NC(=S)N[C@H]1CCCC[C@@H]1NS(=O)(=O)C(F)(F)F)c1ccccc1. The first-order valence-electron chi connectivity index (χ1n) is 8.31. The Morgan fingerprint density at radius 2 is 1.73 bits per heavy atom. The fraction of sp³-hybridized carbons (Fsp3) is 0.562. The molecule has 5 nitrogen and oxygen atoms in total. The lowest BCUT2D eigenvalue weighted by molar-refractivity contribution is -0.0453. The molecule has 1 aliphatic rings. The van der Waals surface area contributed by atoms with E-state index >= 15 is 0 Å². The maximum atomic E-state index is 12.6. The van der Waals surface area contributed by atoms with Crippen LogP contribution in [0.3, 0.4) is 0 Å². The normalized spacial score (nSPS) is 22.5. The summed E-state index contributed by atoms with van der Waals surface area (Å²) < 4.78 is 62.5. The first kappa shape index (κ1) is 20.9. The van der Waals surface area contributed by atoms with E-state index in [1.54, 1.807) is 4.72 Å². The lowest BCUT2D eigenvalue weighted by atomic mass is 9.91. The van der Waals surface area contributed by atoms with Gasteiger partial charge in [-0.3, -0.25) is 0 Å². The zero-order valence-corrected chi connectivity index (χ0v) is 15.8. The van der Waals surface area contributed by atoms with Crippen molar-refractivity contribution in [2.45, 2.75) is 56.2 Å². The Morgan fingerprint density at radius 3 is 2.31 bits per heavy atom. The van der Waals surface area contributed by atoms with Crippen molar-refractivity contribution in [1.82, 2.24) is 15.4 Å². The Labute approximate surface area is 156 Å². The van der Waals surface area contributed by atoms with Gasteiger partial charge in [0.15, 0.2) is 5.11 Å². The van der Waals surface area contributed by atoms with Crippen LogP contribution >= 0.6 is 12.2 Å². The minimum Gasteiger partial charge on any atom is -0.358 e. The van der Waals surface area contributed by atoms with E-state index in [1.165, 1.54) is 0 Å². The minimum absolute atomic E-state index is 0.0925. The summed E-state index contributed by atoms with van der Waals surface area (Å²) in [5, 5.41) is 6.33. The van der Waals surface area contributed by atoms with E-state index in [0.717, 1.165) is 12.0 Å². The molecular weight excluding hydrogens is 387 g/mol. The average Bonchev–Trinajstić information content (AvgIpc) is 2.56. The molecule has 3 N–H and O–H groups in total. The molecule has 0 radical (unpaired) electrons. The van der Waals surface area contributed by atoms with Gasteiger partial charge in [-0.05, 0) is 37.5 Å². The predicted octanol–water partition coefficient (Wildman–Crippen LogP) is 2.96. The largest absolute Gasteiger partial charge is 0.511 e. The van der Waals surface area contributed by atoms with E-state index in [1.807, 2.05) is 37.3 Å². The lowest BCUT2D eigenvalue weighted by Crippen LogP contribution is -2.56. The molecule has 0 spiro atoms. The van der Waals surface area contributed by atoms with Crippen molar-refractivity contribution < 1.29 is 21.6 Å². The van der Waals surface area contributed by atoms with Crippen LogP contribution in [0, 0.1) is 0 Å². The van der Waals surface area contributed by atoms with Crippen LogP contribution in [0.25, 0.3) is 0 Å². The standard InChI is InChI=1S/C16H22F3N3O2S2/c1-11(12-7-3-2-4-8-12)20-15(25)21-13-9-5-6-10-14(13)22-26(23,24)16(17,18)19/h2-4,7-8,11,13-14,22H,5-6,9-10H2,1H3,(H2,20,21,25)/t11?,13-,14-/m0/s1. The second-order valence-corrected chi connectivity index (χ2v) is 8.43. The number of alkyl halides is 3. The first-order valence-corrected chi connectivity index (χ1v) is 10.2. The molecule has 26 heavy (non-hydrogen) atoms. The fourth-order valence-corrected chi connectivity index (χ4v) is 4.08. The summed E-state index contributed by atoms with van der Waals surface area (Å²) in [6, 6.07) is 8.10. The molecule has 3 atom stereocenters. The summed E-state index contributed by atoms with van der Waals surface area (Å²) in [4.78, 5) is 0. The average molecular weight is 409 g/mol. The molecule has 1 unspecified atom stereocenters. The van der Waals surface area contributed by atoms with Gasteiger partial charge < -0.3 is 10.6 Å². The molecule has 1 aromatic rings. The summed E-state index contributed by atoms with van der Waals surface area (Å²) >= 11 is 5.26. The number of nitrogens with one attached hydrogen (secondary N) is 3. The number of hydrogen-bond acceptors (Lipinski definition) is 3. The number of thiocarbonyl (C=S) groups is 1. The van der Waals surface area contributed by atoms with E-state index in [9.17, 15) is 21.6 Å². The summed E-state index contributed by atoms with van der Waals surface area (Å²) in [6.07, 6.45) is 2.30. The molecule has 0 bridgehead atoms. The summed E-state index contributed by atoms with van der Waals surface area (Å²) in [7, 11) is -5.39. The van der Waals surface area contributed by atoms with Gasteiger partial charge >= 0.3 is 15.5 Å². The third-order valence-electron chi connectivity index (χ3n) is 4.34. The first-order chi connectivity index (χ1) is 12.1. The lowest BCUT2D eigenvalue weighted by Gasteiger charge is -2.34. The maximum Gasteiger partial charge on any atom is 0.511 e. The Kier molecular flexibility index (Phi) is 6.86. The molecule has 0 amide bonds. The van der Waals surface area contributed by atoms with Gasteiger partial charge in [-0.15, -0.1) is 0 Å². The highest BCUT2D eigenvalue weighted by atomic mass is 32.2. The van der Waals surface area contributed by atoms with Gasteiger partial charge in [0.05, 0.1) is 6.04 Å². The molecule has 146 valence electrons. The highest BCUT2D eigenvalue weighted by molar-refractivity contribution is 7.90. The van der Waals surface area contributed by atoms with Crippen molar-refractivity contribution in [3.8, 4) is 0 Å². The van der Waals surface area contributed by atoms with E-state index in [-0.39, 0.29) is 11.2 Å². The number of rotatable bonds is 5. The topological polar surface area (TPSA) is 70.2 Å². The van der Waals surface area contributed by atoms with Gasteiger partial charge in [-0.2, -0.15) is 13.2 Å². The zero-order chi connectivity index (χ0) is 19.4. The fourth-order valence-electron chi connectivity index (χ4n) is 2.94. The Balaban J connectivity index is 1.98. The van der Waals surface area contributed by atoms with Crippen molar-refractivity contribution in [3.63, 3.8) is 0 Å². The predicted molar refractivity (Wildman–Crippen MR) is 97.9 cm³/mol. The van der Waals surface area contributed by atoms with Crippen LogP contribution < -0.4 is 15.4 Å². The molecule has 0 heterocycles. The molecule has 0 aliphatic heterocycles. The third-order valence-corrected chi connectivity index (χ3v) is 5.80. The zero-order valence-electron chi connectivity index (χ0n) is 14.2. The van der Waals surface area contributed by atoms with Gasteiger partial charge in [-0.25, -0.2) is 13.1 Å². The second-order valence-electron chi connectivity index (χ2n) is 6.31. The van der Waals surface area contributed by atoms with Gasteiger partial charge in [0, 0.05) is 12.1 Å². The third kappa shape index (κ3) is 5.55. The molecule has 0 aromatic heterocycles. The molecule has 1 saturated carbocycles. The second kappa shape index (κ2) is 8.53. The van der Waals surface area contributed by atoms with Crippen molar-refractivity contribution >= 4 is 27.4 Å². The highest BCUT2D eigenvalue weighted by Crippen LogP contribution is 2.26. The van der Waals surface area contributed by atoms with E-state index < -0.39 is 27.6 Å².